The van der Waals surface area contributed by atoms with E-state index in [2.05, 4.69) is 19.1 Å². The molecule has 0 spiro atoms. The number of methoxy groups -OCH3 is 1. The summed E-state index contributed by atoms with van der Waals surface area (Å²) in [5.41, 5.74) is 1.40. The quantitative estimate of drug-likeness (QED) is 0.791. The molecule has 0 amide bonds. The number of fused-ring (bicyclic) bond motifs is 7. The van der Waals surface area contributed by atoms with Crippen LogP contribution in [0.1, 0.15) is 37.7 Å². The van der Waals surface area contributed by atoms with E-state index in [-0.39, 0.29) is 0 Å². The smallest absolute Gasteiger partial charge is 0.165 e. The van der Waals surface area contributed by atoms with E-state index >= 15 is 0 Å². The van der Waals surface area contributed by atoms with Crippen LogP contribution in [0.3, 0.4) is 0 Å². The molecule has 0 saturated heterocycles. The Bertz CT molecular complexity index is 480. The van der Waals surface area contributed by atoms with E-state index in [0.717, 1.165) is 29.3 Å². The summed E-state index contributed by atoms with van der Waals surface area (Å²) >= 11 is 0. The maximum atomic E-state index is 6.29. The van der Waals surface area contributed by atoms with Crippen molar-refractivity contribution in [1.82, 2.24) is 0 Å². The van der Waals surface area contributed by atoms with Crippen LogP contribution in [-0.2, 0) is 0 Å². The van der Waals surface area contributed by atoms with Crippen molar-refractivity contribution in [1.29, 1.82) is 0 Å². The van der Waals surface area contributed by atoms with Crippen LogP contribution in [-0.4, -0.2) is 13.2 Å². The second-order valence-electron chi connectivity index (χ2n) is 6.05. The zero-order valence-electron chi connectivity index (χ0n) is 11.1. The molecule has 0 N–H and O–H groups in total. The summed E-state index contributed by atoms with van der Waals surface area (Å²) in [7, 11) is 1.73. The molecular weight excluding hydrogens is 224 g/mol. The summed E-state index contributed by atoms with van der Waals surface area (Å²) in [6, 6.07) is 6.36. The number of rotatable bonds is 2. The van der Waals surface area contributed by atoms with E-state index < -0.39 is 0 Å². The first-order valence-electron chi connectivity index (χ1n) is 7.17. The number of benzene rings is 1. The molecule has 18 heavy (non-hydrogen) atoms. The lowest BCUT2D eigenvalue weighted by molar-refractivity contribution is 0.106. The van der Waals surface area contributed by atoms with Crippen LogP contribution in [0.5, 0.6) is 11.5 Å². The van der Waals surface area contributed by atoms with Crippen LogP contribution in [0.4, 0.5) is 0 Å². The maximum Gasteiger partial charge on any atom is 0.165 e. The standard InChI is InChI=1S/C16H20O2/c1-3-9-7-10-8-12(9)16-14(10)11-5-4-6-13(17-2)15(11)18-16/h4-6,9-10,12,14,16H,3,7-8H2,1-2H3/t9-,10+,12+,14+,16+/m1/s1. The maximum absolute atomic E-state index is 6.29. The van der Waals surface area contributed by atoms with Crippen molar-refractivity contribution in [3.63, 3.8) is 0 Å². The van der Waals surface area contributed by atoms with Gasteiger partial charge in [-0.1, -0.05) is 25.5 Å². The topological polar surface area (TPSA) is 18.5 Å². The SMILES string of the molecule is CC[C@@H]1C[C@H]2C[C@@H]1[C@@H]1Oc3c(OC)cccc3[C@H]21. The van der Waals surface area contributed by atoms with Crippen LogP contribution in [0.25, 0.3) is 0 Å². The van der Waals surface area contributed by atoms with Gasteiger partial charge in [0, 0.05) is 11.5 Å². The molecular formula is C16H20O2. The summed E-state index contributed by atoms with van der Waals surface area (Å²) in [6.07, 6.45) is 4.52. The van der Waals surface area contributed by atoms with Gasteiger partial charge in [-0.15, -0.1) is 0 Å². The number of hydrogen-bond donors (Lipinski definition) is 0. The summed E-state index contributed by atoms with van der Waals surface area (Å²) < 4.78 is 11.7. The Kier molecular flexibility index (Phi) is 2.18. The minimum Gasteiger partial charge on any atom is -0.493 e. The number of hydrogen-bond acceptors (Lipinski definition) is 2. The average Bonchev–Trinajstić information content (AvgIpc) is 3.06. The van der Waals surface area contributed by atoms with Crippen molar-refractivity contribution in [3.05, 3.63) is 23.8 Å². The molecule has 2 fully saturated rings. The molecule has 0 radical (unpaired) electrons. The van der Waals surface area contributed by atoms with E-state index in [9.17, 15) is 0 Å². The third kappa shape index (κ3) is 1.19. The highest BCUT2D eigenvalue weighted by Gasteiger charge is 2.57. The van der Waals surface area contributed by atoms with E-state index in [1.807, 2.05) is 6.07 Å². The molecule has 1 heterocycles. The largest absolute Gasteiger partial charge is 0.493 e. The third-order valence-electron chi connectivity index (χ3n) is 5.44. The molecule has 4 rings (SSSR count). The Balaban J connectivity index is 1.75. The van der Waals surface area contributed by atoms with Gasteiger partial charge in [-0.2, -0.15) is 0 Å². The minimum absolute atomic E-state index is 0.431. The Morgan fingerprint density at radius 2 is 2.22 bits per heavy atom. The fraction of sp³-hybridized carbons (Fsp3) is 0.625. The van der Waals surface area contributed by atoms with Gasteiger partial charge in [0.2, 0.25) is 0 Å². The predicted molar refractivity (Wildman–Crippen MR) is 70.1 cm³/mol. The molecule has 2 aliphatic carbocycles. The van der Waals surface area contributed by atoms with Crippen LogP contribution < -0.4 is 9.47 Å². The summed E-state index contributed by atoms with van der Waals surface area (Å²) in [6.45, 7) is 2.32. The first kappa shape index (κ1) is 10.7. The van der Waals surface area contributed by atoms with E-state index in [4.69, 9.17) is 9.47 Å². The van der Waals surface area contributed by atoms with Crippen molar-refractivity contribution in [2.24, 2.45) is 17.8 Å². The van der Waals surface area contributed by atoms with Crippen molar-refractivity contribution < 1.29 is 9.47 Å². The highest BCUT2D eigenvalue weighted by atomic mass is 16.5. The average molecular weight is 244 g/mol. The number of ether oxygens (including phenoxy) is 2. The molecule has 0 aromatic heterocycles. The van der Waals surface area contributed by atoms with Gasteiger partial charge in [0.15, 0.2) is 11.5 Å². The van der Waals surface area contributed by atoms with Crippen LogP contribution in [0.15, 0.2) is 18.2 Å². The molecule has 3 aliphatic rings. The summed E-state index contributed by atoms with van der Waals surface area (Å²) in [4.78, 5) is 0. The molecule has 1 aromatic rings. The monoisotopic (exact) mass is 244 g/mol. The summed E-state index contributed by atoms with van der Waals surface area (Å²) in [5, 5.41) is 0. The Labute approximate surface area is 108 Å². The fourth-order valence-electron chi connectivity index (χ4n) is 4.71. The molecule has 2 nitrogen and oxygen atoms in total. The highest BCUT2D eigenvalue weighted by Crippen LogP contribution is 2.63. The van der Waals surface area contributed by atoms with Gasteiger partial charge in [-0.25, -0.2) is 0 Å². The second kappa shape index (κ2) is 3.66. The Morgan fingerprint density at radius 1 is 1.33 bits per heavy atom. The fourth-order valence-corrected chi connectivity index (χ4v) is 4.71. The first-order valence-corrected chi connectivity index (χ1v) is 7.17. The zero-order valence-corrected chi connectivity index (χ0v) is 11.1. The van der Waals surface area contributed by atoms with Gasteiger partial charge in [-0.3, -0.25) is 0 Å². The van der Waals surface area contributed by atoms with Gasteiger partial charge in [0.1, 0.15) is 6.10 Å². The molecule has 2 saturated carbocycles. The Hall–Kier alpha value is -1.18. The molecule has 96 valence electrons. The van der Waals surface area contributed by atoms with Crippen molar-refractivity contribution in [2.45, 2.75) is 38.2 Å². The lowest BCUT2D eigenvalue weighted by atomic mass is 9.77. The van der Waals surface area contributed by atoms with E-state index in [1.54, 1.807) is 7.11 Å². The second-order valence-corrected chi connectivity index (χ2v) is 6.05. The number of para-hydroxylation sites is 1. The van der Waals surface area contributed by atoms with Crippen molar-refractivity contribution in [3.8, 4) is 11.5 Å². The van der Waals surface area contributed by atoms with Crippen LogP contribution >= 0.6 is 0 Å². The minimum atomic E-state index is 0.431. The third-order valence-corrected chi connectivity index (χ3v) is 5.44. The lowest BCUT2D eigenvalue weighted by Gasteiger charge is -2.29. The molecule has 2 bridgehead atoms. The molecule has 0 unspecified atom stereocenters. The molecule has 5 atom stereocenters. The van der Waals surface area contributed by atoms with Crippen LogP contribution in [0, 0.1) is 17.8 Å². The predicted octanol–water partition coefficient (Wildman–Crippen LogP) is 3.61. The van der Waals surface area contributed by atoms with Gasteiger partial charge in [0.25, 0.3) is 0 Å². The summed E-state index contributed by atoms with van der Waals surface area (Å²) in [5.74, 6) is 5.09. The normalized spacial score (nSPS) is 39.3. The van der Waals surface area contributed by atoms with Crippen molar-refractivity contribution >= 4 is 0 Å². The highest BCUT2D eigenvalue weighted by molar-refractivity contribution is 5.53. The Morgan fingerprint density at radius 3 is 3.00 bits per heavy atom. The molecule has 1 aliphatic heterocycles. The lowest BCUT2D eigenvalue weighted by Crippen LogP contribution is -2.31. The first-order chi connectivity index (χ1) is 8.83. The van der Waals surface area contributed by atoms with E-state index in [0.29, 0.717) is 12.0 Å². The molecule has 2 heteroatoms. The molecule has 1 aromatic carbocycles. The van der Waals surface area contributed by atoms with Crippen molar-refractivity contribution in [2.75, 3.05) is 7.11 Å². The van der Waals surface area contributed by atoms with Gasteiger partial charge in [-0.05, 0) is 36.7 Å². The van der Waals surface area contributed by atoms with Gasteiger partial charge in [0.05, 0.1) is 7.11 Å². The van der Waals surface area contributed by atoms with E-state index in [1.165, 1.54) is 24.8 Å². The van der Waals surface area contributed by atoms with Gasteiger partial charge >= 0.3 is 0 Å². The van der Waals surface area contributed by atoms with Crippen LogP contribution in [0.2, 0.25) is 0 Å². The zero-order chi connectivity index (χ0) is 12.3. The van der Waals surface area contributed by atoms with Gasteiger partial charge < -0.3 is 9.47 Å².